The van der Waals surface area contributed by atoms with E-state index >= 15 is 0 Å². The minimum absolute atomic E-state index is 0.287. The third-order valence-electron chi connectivity index (χ3n) is 3.14. The minimum atomic E-state index is -0.415. The lowest BCUT2D eigenvalue weighted by molar-refractivity contribution is -0.113. The van der Waals surface area contributed by atoms with Gasteiger partial charge in [0.05, 0.1) is 6.04 Å². The highest BCUT2D eigenvalue weighted by Crippen LogP contribution is 2.24. The maximum atomic E-state index is 13.6. The van der Waals surface area contributed by atoms with Crippen LogP contribution < -0.4 is 0 Å². The number of nitrogens with zero attached hydrogens (tertiary/aromatic N) is 1. The Labute approximate surface area is 95.1 Å². The fourth-order valence-corrected chi connectivity index (χ4v) is 2.27. The summed E-state index contributed by atoms with van der Waals surface area (Å²) in [6.07, 6.45) is 4.25. The van der Waals surface area contributed by atoms with Crippen LogP contribution in [-0.2, 0) is 4.79 Å². The van der Waals surface area contributed by atoms with Crippen LogP contribution in [0, 0.1) is 5.82 Å². The van der Waals surface area contributed by atoms with Crippen molar-refractivity contribution < 1.29 is 9.18 Å². The van der Waals surface area contributed by atoms with Gasteiger partial charge in [0.15, 0.2) is 0 Å². The lowest BCUT2D eigenvalue weighted by atomic mass is 10.0. The second kappa shape index (κ2) is 5.21. The second-order valence-electron chi connectivity index (χ2n) is 4.20. The van der Waals surface area contributed by atoms with Gasteiger partial charge in [0.2, 0.25) is 0 Å². The van der Waals surface area contributed by atoms with E-state index in [9.17, 15) is 9.18 Å². The molecular weight excluding hydrogens is 205 g/mol. The van der Waals surface area contributed by atoms with E-state index in [1.165, 1.54) is 12.5 Å². The first-order valence-electron chi connectivity index (χ1n) is 5.76. The topological polar surface area (TPSA) is 20.3 Å². The van der Waals surface area contributed by atoms with Crippen LogP contribution in [0.5, 0.6) is 0 Å². The molecule has 1 aromatic rings. The number of piperidine rings is 1. The quantitative estimate of drug-likeness (QED) is 0.731. The Hall–Kier alpha value is -1.22. The van der Waals surface area contributed by atoms with E-state index < -0.39 is 6.04 Å². The van der Waals surface area contributed by atoms with Gasteiger partial charge in [-0.2, -0.15) is 0 Å². The van der Waals surface area contributed by atoms with E-state index in [1.54, 1.807) is 18.2 Å². The minimum Gasteiger partial charge on any atom is -0.301 e. The molecule has 86 valence electrons. The molecule has 0 spiro atoms. The van der Waals surface area contributed by atoms with Crippen molar-refractivity contribution in [2.24, 2.45) is 0 Å². The van der Waals surface area contributed by atoms with Crippen molar-refractivity contribution in [1.29, 1.82) is 0 Å². The summed E-state index contributed by atoms with van der Waals surface area (Å²) in [4.78, 5) is 13.2. The van der Waals surface area contributed by atoms with Gasteiger partial charge < -0.3 is 4.79 Å². The van der Waals surface area contributed by atoms with Crippen molar-refractivity contribution in [2.75, 3.05) is 13.1 Å². The molecule has 0 N–H and O–H groups in total. The molecule has 0 unspecified atom stereocenters. The monoisotopic (exact) mass is 221 g/mol. The third kappa shape index (κ3) is 2.30. The molecule has 0 amide bonds. The molecule has 0 saturated carbocycles. The standard InChI is InChI=1S/C13H16FNO/c14-12-7-3-2-6-11(12)13(10-16)15-8-4-1-5-9-15/h2-3,6-7,10,13H,1,4-5,8-9H2/t13-/m0/s1. The molecule has 0 bridgehead atoms. The van der Waals surface area contributed by atoms with Crippen LogP contribution in [-0.4, -0.2) is 24.3 Å². The summed E-state index contributed by atoms with van der Waals surface area (Å²) in [5.74, 6) is -0.287. The largest absolute Gasteiger partial charge is 0.301 e. The Morgan fingerprint density at radius 1 is 1.19 bits per heavy atom. The predicted octanol–water partition coefficient (Wildman–Crippen LogP) is 2.55. The first-order chi connectivity index (χ1) is 7.83. The third-order valence-corrected chi connectivity index (χ3v) is 3.14. The van der Waals surface area contributed by atoms with Gasteiger partial charge in [-0.25, -0.2) is 4.39 Å². The summed E-state index contributed by atoms with van der Waals surface area (Å²) < 4.78 is 13.6. The van der Waals surface area contributed by atoms with E-state index in [0.29, 0.717) is 5.56 Å². The van der Waals surface area contributed by atoms with Gasteiger partial charge in [0, 0.05) is 5.56 Å². The van der Waals surface area contributed by atoms with Gasteiger partial charge in [-0.1, -0.05) is 24.6 Å². The number of hydrogen-bond donors (Lipinski definition) is 0. The normalized spacial score (nSPS) is 19.3. The van der Waals surface area contributed by atoms with Crippen LogP contribution in [0.3, 0.4) is 0 Å². The number of carbonyl (C=O) groups is 1. The summed E-state index contributed by atoms with van der Waals surface area (Å²) >= 11 is 0. The maximum Gasteiger partial charge on any atom is 0.141 e. The molecule has 1 aliphatic heterocycles. The van der Waals surface area contributed by atoms with Gasteiger partial charge in [0.1, 0.15) is 12.1 Å². The fraction of sp³-hybridized carbons (Fsp3) is 0.462. The molecule has 16 heavy (non-hydrogen) atoms. The Kier molecular flexibility index (Phi) is 3.67. The van der Waals surface area contributed by atoms with E-state index in [2.05, 4.69) is 4.90 Å². The van der Waals surface area contributed by atoms with Crippen molar-refractivity contribution in [3.05, 3.63) is 35.6 Å². The van der Waals surface area contributed by atoms with Crippen LogP contribution in [0.4, 0.5) is 4.39 Å². The Bertz CT molecular complexity index is 361. The van der Waals surface area contributed by atoms with Crippen molar-refractivity contribution in [1.82, 2.24) is 4.90 Å². The molecule has 1 atom stereocenters. The van der Waals surface area contributed by atoms with Gasteiger partial charge in [-0.15, -0.1) is 0 Å². The predicted molar refractivity (Wildman–Crippen MR) is 60.6 cm³/mol. The lowest BCUT2D eigenvalue weighted by Crippen LogP contribution is -2.34. The zero-order valence-corrected chi connectivity index (χ0v) is 9.23. The smallest absolute Gasteiger partial charge is 0.141 e. The molecule has 0 aliphatic carbocycles. The Morgan fingerprint density at radius 3 is 2.50 bits per heavy atom. The van der Waals surface area contributed by atoms with E-state index in [1.807, 2.05) is 0 Å². The molecule has 3 heteroatoms. The first kappa shape index (κ1) is 11.3. The van der Waals surface area contributed by atoms with Crippen LogP contribution in [0.25, 0.3) is 0 Å². The van der Waals surface area contributed by atoms with Crippen molar-refractivity contribution >= 4 is 6.29 Å². The van der Waals surface area contributed by atoms with Crippen molar-refractivity contribution in [3.63, 3.8) is 0 Å². The van der Waals surface area contributed by atoms with Crippen molar-refractivity contribution in [3.8, 4) is 0 Å². The van der Waals surface area contributed by atoms with E-state index in [0.717, 1.165) is 32.2 Å². The first-order valence-corrected chi connectivity index (χ1v) is 5.76. The fourth-order valence-electron chi connectivity index (χ4n) is 2.27. The SMILES string of the molecule is O=C[C@@H](c1ccccc1F)N1CCCCC1. The average Bonchev–Trinajstić information content (AvgIpc) is 2.34. The van der Waals surface area contributed by atoms with Gasteiger partial charge in [-0.05, 0) is 32.0 Å². The number of rotatable bonds is 3. The van der Waals surface area contributed by atoms with Crippen LogP contribution in [0.2, 0.25) is 0 Å². The summed E-state index contributed by atoms with van der Waals surface area (Å²) in [5, 5.41) is 0. The molecule has 1 aromatic carbocycles. The zero-order valence-electron chi connectivity index (χ0n) is 9.23. The van der Waals surface area contributed by atoms with Crippen LogP contribution >= 0.6 is 0 Å². The maximum absolute atomic E-state index is 13.6. The Morgan fingerprint density at radius 2 is 1.88 bits per heavy atom. The molecule has 1 saturated heterocycles. The molecule has 1 aliphatic rings. The van der Waals surface area contributed by atoms with Gasteiger partial charge in [-0.3, -0.25) is 4.90 Å². The lowest BCUT2D eigenvalue weighted by Gasteiger charge is -2.31. The molecule has 1 heterocycles. The molecule has 0 aromatic heterocycles. The second-order valence-corrected chi connectivity index (χ2v) is 4.20. The number of carbonyl (C=O) groups excluding carboxylic acids is 1. The molecule has 2 nitrogen and oxygen atoms in total. The number of aldehydes is 1. The van der Waals surface area contributed by atoms with Gasteiger partial charge >= 0.3 is 0 Å². The number of halogens is 1. The Balaban J connectivity index is 2.21. The van der Waals surface area contributed by atoms with E-state index in [-0.39, 0.29) is 5.82 Å². The van der Waals surface area contributed by atoms with Crippen LogP contribution in [0.1, 0.15) is 30.9 Å². The summed E-state index contributed by atoms with van der Waals surface area (Å²) in [5.41, 5.74) is 0.499. The van der Waals surface area contributed by atoms with E-state index in [4.69, 9.17) is 0 Å². The highest BCUT2D eigenvalue weighted by molar-refractivity contribution is 5.61. The molecular formula is C13H16FNO. The number of hydrogen-bond acceptors (Lipinski definition) is 2. The highest BCUT2D eigenvalue weighted by atomic mass is 19.1. The average molecular weight is 221 g/mol. The number of benzene rings is 1. The summed E-state index contributed by atoms with van der Waals surface area (Å²) in [6.45, 7) is 1.77. The highest BCUT2D eigenvalue weighted by Gasteiger charge is 2.23. The summed E-state index contributed by atoms with van der Waals surface area (Å²) in [7, 11) is 0. The zero-order chi connectivity index (χ0) is 11.4. The van der Waals surface area contributed by atoms with Gasteiger partial charge in [0.25, 0.3) is 0 Å². The number of likely N-dealkylation sites (tertiary alicyclic amines) is 1. The van der Waals surface area contributed by atoms with Crippen molar-refractivity contribution in [2.45, 2.75) is 25.3 Å². The molecule has 0 radical (unpaired) electrons. The molecule has 1 fully saturated rings. The van der Waals surface area contributed by atoms with Crippen LogP contribution in [0.15, 0.2) is 24.3 Å². The molecule has 2 rings (SSSR count). The summed E-state index contributed by atoms with van der Waals surface area (Å²) in [6, 6.07) is 6.12.